The summed E-state index contributed by atoms with van der Waals surface area (Å²) in [7, 11) is 0. The maximum atomic E-state index is 11.9. The van der Waals surface area contributed by atoms with Crippen LogP contribution in [-0.2, 0) is 9.59 Å². The molecule has 1 aromatic carbocycles. The van der Waals surface area contributed by atoms with Crippen molar-refractivity contribution in [2.75, 3.05) is 11.4 Å². The third kappa shape index (κ3) is 2.90. The van der Waals surface area contributed by atoms with Gasteiger partial charge in [0.2, 0.25) is 5.91 Å². The molecule has 0 aromatic heterocycles. The van der Waals surface area contributed by atoms with E-state index in [1.807, 2.05) is 0 Å². The average Bonchev–Trinajstić information content (AvgIpc) is 2.68. The SMILES string of the molecule is CC(=O)SC1CC(=O)N(c2ccc([N+](=O)[O-])cc2O)C1. The van der Waals surface area contributed by atoms with Crippen molar-refractivity contribution in [3.05, 3.63) is 28.3 Å². The molecule has 0 spiro atoms. The molecule has 1 aromatic rings. The summed E-state index contributed by atoms with van der Waals surface area (Å²) in [6.07, 6.45) is 0.209. The molecule has 7 nitrogen and oxygen atoms in total. The van der Waals surface area contributed by atoms with Crippen LogP contribution >= 0.6 is 11.8 Å². The highest BCUT2D eigenvalue weighted by molar-refractivity contribution is 8.14. The standard InChI is InChI=1S/C12H12N2O5S/c1-7(15)20-9-5-12(17)13(6-9)10-3-2-8(14(18)19)4-11(10)16/h2-4,9,16H,5-6H2,1H3. The van der Waals surface area contributed by atoms with Gasteiger partial charge in [0.1, 0.15) is 5.75 Å². The Morgan fingerprint density at radius 3 is 2.80 bits per heavy atom. The second-order valence-electron chi connectivity index (χ2n) is 4.37. The molecule has 0 radical (unpaired) electrons. The molecular formula is C12H12N2O5S. The number of nitro benzene ring substituents is 1. The van der Waals surface area contributed by atoms with Crippen LogP contribution in [0, 0.1) is 10.1 Å². The Balaban J connectivity index is 2.22. The molecule has 1 amide bonds. The van der Waals surface area contributed by atoms with Crippen molar-refractivity contribution in [2.24, 2.45) is 0 Å². The van der Waals surface area contributed by atoms with Crippen molar-refractivity contribution in [2.45, 2.75) is 18.6 Å². The Morgan fingerprint density at radius 2 is 2.25 bits per heavy atom. The monoisotopic (exact) mass is 296 g/mol. The van der Waals surface area contributed by atoms with Gasteiger partial charge in [-0.25, -0.2) is 0 Å². The molecule has 106 valence electrons. The molecule has 0 aliphatic carbocycles. The van der Waals surface area contributed by atoms with Crippen LogP contribution in [0.15, 0.2) is 18.2 Å². The lowest BCUT2D eigenvalue weighted by Gasteiger charge is -2.17. The number of hydrogen-bond donors (Lipinski definition) is 1. The van der Waals surface area contributed by atoms with E-state index in [-0.39, 0.29) is 39.8 Å². The van der Waals surface area contributed by atoms with Gasteiger partial charge in [0, 0.05) is 31.2 Å². The van der Waals surface area contributed by atoms with Crippen molar-refractivity contribution in [3.63, 3.8) is 0 Å². The normalized spacial score (nSPS) is 18.4. The van der Waals surface area contributed by atoms with Gasteiger partial charge in [-0.3, -0.25) is 19.7 Å². The zero-order chi connectivity index (χ0) is 14.9. The lowest BCUT2D eigenvalue weighted by molar-refractivity contribution is -0.384. The summed E-state index contributed by atoms with van der Waals surface area (Å²) in [5.41, 5.74) is -0.0141. The number of anilines is 1. The molecule has 8 heteroatoms. The molecule has 1 aliphatic heterocycles. The van der Waals surface area contributed by atoms with Gasteiger partial charge in [0.25, 0.3) is 5.69 Å². The number of carbonyl (C=O) groups excluding carboxylic acids is 2. The number of hydrogen-bond acceptors (Lipinski definition) is 6. The summed E-state index contributed by atoms with van der Waals surface area (Å²) in [6.45, 7) is 1.73. The number of carbonyl (C=O) groups is 2. The third-order valence-electron chi connectivity index (χ3n) is 2.88. The summed E-state index contributed by atoms with van der Waals surface area (Å²) >= 11 is 1.09. The number of aromatic hydroxyl groups is 1. The predicted octanol–water partition coefficient (Wildman–Crippen LogP) is 1.69. The smallest absolute Gasteiger partial charge is 0.273 e. The van der Waals surface area contributed by atoms with E-state index in [9.17, 15) is 24.8 Å². The Labute approximate surface area is 118 Å². The van der Waals surface area contributed by atoms with E-state index in [1.54, 1.807) is 0 Å². The van der Waals surface area contributed by atoms with Crippen molar-refractivity contribution < 1.29 is 19.6 Å². The molecule has 1 aliphatic rings. The van der Waals surface area contributed by atoms with E-state index in [0.29, 0.717) is 6.54 Å². The fraction of sp³-hybridized carbons (Fsp3) is 0.333. The van der Waals surface area contributed by atoms with E-state index in [4.69, 9.17) is 0 Å². The highest BCUT2D eigenvalue weighted by Gasteiger charge is 2.33. The average molecular weight is 296 g/mol. The van der Waals surface area contributed by atoms with Crippen LogP contribution in [-0.4, -0.2) is 32.8 Å². The van der Waals surface area contributed by atoms with Crippen molar-refractivity contribution in [1.82, 2.24) is 0 Å². The van der Waals surface area contributed by atoms with Gasteiger partial charge in [-0.2, -0.15) is 0 Å². The highest BCUT2D eigenvalue weighted by atomic mass is 32.2. The highest BCUT2D eigenvalue weighted by Crippen LogP contribution is 2.35. The van der Waals surface area contributed by atoms with Crippen molar-refractivity contribution in [3.8, 4) is 5.75 Å². The largest absolute Gasteiger partial charge is 0.505 e. The zero-order valence-electron chi connectivity index (χ0n) is 10.6. The van der Waals surface area contributed by atoms with E-state index in [2.05, 4.69) is 0 Å². The third-order valence-corrected chi connectivity index (χ3v) is 3.86. The molecule has 1 unspecified atom stereocenters. The number of phenolic OH excluding ortho intramolecular Hbond substituents is 1. The van der Waals surface area contributed by atoms with Crippen LogP contribution < -0.4 is 4.90 Å². The Bertz CT molecular complexity index is 589. The van der Waals surface area contributed by atoms with Gasteiger partial charge < -0.3 is 10.0 Å². The molecule has 1 saturated heterocycles. The number of nitro groups is 1. The number of nitrogens with zero attached hydrogens (tertiary/aromatic N) is 2. The Morgan fingerprint density at radius 1 is 1.55 bits per heavy atom. The van der Waals surface area contributed by atoms with E-state index in [1.165, 1.54) is 24.0 Å². The first-order valence-corrected chi connectivity index (χ1v) is 6.71. The molecular weight excluding hydrogens is 284 g/mol. The number of amides is 1. The maximum Gasteiger partial charge on any atom is 0.273 e. The number of rotatable bonds is 3. The van der Waals surface area contributed by atoms with Gasteiger partial charge >= 0.3 is 0 Å². The van der Waals surface area contributed by atoms with Crippen LogP contribution in [0.2, 0.25) is 0 Å². The molecule has 1 N–H and O–H groups in total. The molecule has 2 rings (SSSR count). The van der Waals surface area contributed by atoms with Crippen LogP contribution in [0.3, 0.4) is 0 Å². The minimum Gasteiger partial charge on any atom is -0.505 e. The number of phenols is 1. The summed E-state index contributed by atoms with van der Waals surface area (Å²) in [4.78, 5) is 34.3. The predicted molar refractivity (Wildman–Crippen MR) is 73.8 cm³/mol. The molecule has 0 saturated carbocycles. The van der Waals surface area contributed by atoms with Crippen LogP contribution in [0.5, 0.6) is 5.75 Å². The minimum absolute atomic E-state index is 0.0717. The fourth-order valence-corrected chi connectivity index (χ4v) is 2.99. The van der Waals surface area contributed by atoms with Gasteiger partial charge in [-0.05, 0) is 6.07 Å². The van der Waals surface area contributed by atoms with Crippen molar-refractivity contribution >= 4 is 34.2 Å². The van der Waals surface area contributed by atoms with Gasteiger partial charge in [-0.1, -0.05) is 11.8 Å². The summed E-state index contributed by atoms with van der Waals surface area (Å²) in [5, 5.41) is 20.2. The minimum atomic E-state index is -0.621. The number of non-ortho nitro benzene ring substituents is 1. The fourth-order valence-electron chi connectivity index (χ4n) is 2.07. The lowest BCUT2D eigenvalue weighted by Crippen LogP contribution is -2.25. The van der Waals surface area contributed by atoms with E-state index < -0.39 is 4.92 Å². The quantitative estimate of drug-likeness (QED) is 0.672. The topological polar surface area (TPSA) is 101 Å². The molecule has 1 fully saturated rings. The number of thioether (sulfide) groups is 1. The Kier molecular flexibility index (Phi) is 3.93. The van der Waals surface area contributed by atoms with Gasteiger partial charge in [0.05, 0.1) is 16.7 Å². The van der Waals surface area contributed by atoms with E-state index >= 15 is 0 Å². The summed E-state index contributed by atoms with van der Waals surface area (Å²) in [6, 6.07) is 3.58. The van der Waals surface area contributed by atoms with Gasteiger partial charge in [-0.15, -0.1) is 0 Å². The maximum absolute atomic E-state index is 11.9. The Hall–Kier alpha value is -2.09. The summed E-state index contributed by atoms with van der Waals surface area (Å²) in [5.74, 6) is -0.533. The molecule has 1 heterocycles. The first-order chi connectivity index (χ1) is 9.38. The second kappa shape index (κ2) is 5.49. The molecule has 1 atom stereocenters. The van der Waals surface area contributed by atoms with Crippen LogP contribution in [0.25, 0.3) is 0 Å². The van der Waals surface area contributed by atoms with E-state index in [0.717, 1.165) is 17.8 Å². The first kappa shape index (κ1) is 14.3. The molecule has 0 bridgehead atoms. The second-order valence-corrected chi connectivity index (χ2v) is 5.85. The first-order valence-electron chi connectivity index (χ1n) is 5.83. The van der Waals surface area contributed by atoms with Crippen molar-refractivity contribution in [1.29, 1.82) is 0 Å². The lowest BCUT2D eigenvalue weighted by atomic mass is 10.2. The number of benzene rings is 1. The van der Waals surface area contributed by atoms with Gasteiger partial charge in [0.15, 0.2) is 5.12 Å². The molecule has 20 heavy (non-hydrogen) atoms. The zero-order valence-corrected chi connectivity index (χ0v) is 11.4. The van der Waals surface area contributed by atoms with Crippen LogP contribution in [0.4, 0.5) is 11.4 Å². The summed E-state index contributed by atoms with van der Waals surface area (Å²) < 4.78 is 0. The van der Waals surface area contributed by atoms with Crippen LogP contribution in [0.1, 0.15) is 13.3 Å².